The van der Waals surface area contributed by atoms with Crippen LogP contribution >= 0.6 is 0 Å². The van der Waals surface area contributed by atoms with Gasteiger partial charge in [0.15, 0.2) is 0 Å². The minimum atomic E-state index is -4.56. The van der Waals surface area contributed by atoms with E-state index >= 15 is 0 Å². The molecular weight excluding hydrogens is 443 g/mol. The van der Waals surface area contributed by atoms with Crippen molar-refractivity contribution >= 4 is 11.9 Å². The van der Waals surface area contributed by atoms with Crippen LogP contribution < -0.4 is 5.32 Å². The zero-order valence-corrected chi connectivity index (χ0v) is 18.5. The predicted octanol–water partition coefficient (Wildman–Crippen LogP) is 6.14. The first-order valence-electron chi connectivity index (χ1n) is 11.0. The van der Waals surface area contributed by atoms with E-state index in [0.29, 0.717) is 6.42 Å². The number of halogens is 3. The molecule has 1 fully saturated rings. The SMILES string of the molecule is C[C@H](CC1(NC(=O)c2cccc(C(F)(F)F)c2)C[C@H]1c1ccc(-c2ccccc2)cc1)C(=O)O. The number of hydrogen-bond donors (Lipinski definition) is 2. The lowest BCUT2D eigenvalue weighted by atomic mass is 9.94. The summed E-state index contributed by atoms with van der Waals surface area (Å²) in [6.45, 7) is 1.56. The Labute approximate surface area is 195 Å². The topological polar surface area (TPSA) is 66.4 Å². The van der Waals surface area contributed by atoms with Crippen molar-refractivity contribution in [1.82, 2.24) is 5.32 Å². The van der Waals surface area contributed by atoms with Crippen LogP contribution in [-0.2, 0) is 11.0 Å². The summed E-state index contributed by atoms with van der Waals surface area (Å²) in [7, 11) is 0. The first-order valence-corrected chi connectivity index (χ1v) is 11.0. The first-order chi connectivity index (χ1) is 16.1. The quantitative estimate of drug-likeness (QED) is 0.439. The molecule has 0 heterocycles. The zero-order chi connectivity index (χ0) is 24.5. The molecule has 176 valence electrons. The van der Waals surface area contributed by atoms with Gasteiger partial charge in [0.05, 0.1) is 11.5 Å². The highest BCUT2D eigenvalue weighted by Gasteiger charge is 2.56. The number of carboxylic acid groups (broad SMARTS) is 1. The number of nitrogens with one attached hydrogen (secondary N) is 1. The van der Waals surface area contributed by atoms with Crippen LogP contribution in [0.2, 0.25) is 0 Å². The third-order valence-electron chi connectivity index (χ3n) is 6.40. The van der Waals surface area contributed by atoms with E-state index in [4.69, 9.17) is 0 Å². The van der Waals surface area contributed by atoms with E-state index in [1.165, 1.54) is 12.1 Å². The number of hydrogen-bond acceptors (Lipinski definition) is 2. The van der Waals surface area contributed by atoms with Crippen LogP contribution in [0.3, 0.4) is 0 Å². The van der Waals surface area contributed by atoms with Crippen molar-refractivity contribution < 1.29 is 27.9 Å². The Morgan fingerprint density at radius 2 is 1.65 bits per heavy atom. The number of amides is 1. The molecule has 4 nitrogen and oxygen atoms in total. The third-order valence-corrected chi connectivity index (χ3v) is 6.40. The number of carbonyl (C=O) groups excluding carboxylic acids is 1. The second-order valence-electron chi connectivity index (χ2n) is 8.88. The molecule has 34 heavy (non-hydrogen) atoms. The van der Waals surface area contributed by atoms with Crippen molar-refractivity contribution in [3.63, 3.8) is 0 Å². The van der Waals surface area contributed by atoms with E-state index in [1.807, 2.05) is 54.6 Å². The third kappa shape index (κ3) is 4.98. The smallest absolute Gasteiger partial charge is 0.416 e. The van der Waals surface area contributed by atoms with E-state index in [9.17, 15) is 27.9 Å². The molecule has 1 amide bonds. The number of aliphatic carboxylic acids is 1. The molecule has 4 rings (SSSR count). The Hall–Kier alpha value is -3.61. The first kappa shape index (κ1) is 23.5. The number of alkyl halides is 3. The van der Waals surface area contributed by atoms with Gasteiger partial charge in [-0.25, -0.2) is 0 Å². The van der Waals surface area contributed by atoms with Gasteiger partial charge in [-0.05, 0) is 47.7 Å². The Balaban J connectivity index is 1.58. The molecule has 2 N–H and O–H groups in total. The van der Waals surface area contributed by atoms with Crippen molar-refractivity contribution in [2.75, 3.05) is 0 Å². The summed E-state index contributed by atoms with van der Waals surface area (Å²) < 4.78 is 39.3. The van der Waals surface area contributed by atoms with Gasteiger partial charge in [-0.3, -0.25) is 9.59 Å². The van der Waals surface area contributed by atoms with Gasteiger partial charge < -0.3 is 10.4 Å². The predicted molar refractivity (Wildman–Crippen MR) is 122 cm³/mol. The molecule has 1 unspecified atom stereocenters. The molecular formula is C27H24F3NO3. The molecule has 7 heteroatoms. The average Bonchev–Trinajstić information content (AvgIpc) is 3.52. The lowest BCUT2D eigenvalue weighted by Gasteiger charge is -2.22. The summed E-state index contributed by atoms with van der Waals surface area (Å²) in [5.41, 5.74) is 1.19. The molecule has 0 aliphatic heterocycles. The van der Waals surface area contributed by atoms with Crippen LogP contribution in [0.5, 0.6) is 0 Å². The lowest BCUT2D eigenvalue weighted by molar-refractivity contribution is -0.141. The standard InChI is InChI=1S/C27H24F3NO3/c1-17(25(33)34)15-26(31-24(32)21-8-5-9-22(14-21)27(28,29)30)16-23(26)20-12-10-19(11-13-20)18-6-3-2-4-7-18/h2-14,17,23H,15-16H2,1H3,(H,31,32)(H,33,34)/t17-,23+,26?/m1/s1. The maximum absolute atomic E-state index is 13.1. The van der Waals surface area contributed by atoms with Gasteiger partial charge in [0, 0.05) is 17.0 Å². The summed E-state index contributed by atoms with van der Waals surface area (Å²) in [4.78, 5) is 24.4. The molecule has 1 aliphatic carbocycles. The van der Waals surface area contributed by atoms with Crippen LogP contribution in [0.4, 0.5) is 13.2 Å². The number of benzene rings is 3. The second-order valence-corrected chi connectivity index (χ2v) is 8.88. The van der Waals surface area contributed by atoms with E-state index in [-0.39, 0.29) is 17.9 Å². The molecule has 1 saturated carbocycles. The van der Waals surface area contributed by atoms with Gasteiger partial charge in [-0.2, -0.15) is 13.2 Å². The number of carbonyl (C=O) groups is 2. The van der Waals surface area contributed by atoms with Crippen LogP contribution in [0.1, 0.15) is 47.2 Å². The molecule has 0 saturated heterocycles. The average molecular weight is 467 g/mol. The molecule has 3 aromatic rings. The fraction of sp³-hybridized carbons (Fsp3) is 0.259. The highest BCUT2D eigenvalue weighted by atomic mass is 19.4. The molecule has 0 spiro atoms. The maximum Gasteiger partial charge on any atom is 0.416 e. The second kappa shape index (κ2) is 8.97. The Kier molecular flexibility index (Phi) is 6.21. The summed E-state index contributed by atoms with van der Waals surface area (Å²) in [5.74, 6) is -2.49. The molecule has 0 bridgehead atoms. The van der Waals surface area contributed by atoms with Crippen LogP contribution in [-0.4, -0.2) is 22.5 Å². The van der Waals surface area contributed by atoms with Crippen LogP contribution in [0, 0.1) is 5.92 Å². The maximum atomic E-state index is 13.1. The van der Waals surface area contributed by atoms with Gasteiger partial charge in [0.1, 0.15) is 0 Å². The van der Waals surface area contributed by atoms with Gasteiger partial charge >= 0.3 is 12.1 Å². The fourth-order valence-electron chi connectivity index (χ4n) is 4.46. The summed E-state index contributed by atoms with van der Waals surface area (Å²) in [6, 6.07) is 21.9. The van der Waals surface area contributed by atoms with Crippen LogP contribution in [0.25, 0.3) is 11.1 Å². The lowest BCUT2D eigenvalue weighted by Crippen LogP contribution is -2.40. The van der Waals surface area contributed by atoms with E-state index in [0.717, 1.165) is 28.8 Å². The highest BCUT2D eigenvalue weighted by molar-refractivity contribution is 5.95. The summed E-state index contributed by atoms with van der Waals surface area (Å²) in [5, 5.41) is 12.3. The largest absolute Gasteiger partial charge is 0.481 e. The molecule has 3 atom stereocenters. The van der Waals surface area contributed by atoms with Crippen molar-refractivity contribution in [2.24, 2.45) is 5.92 Å². The van der Waals surface area contributed by atoms with Crippen molar-refractivity contribution in [3.8, 4) is 11.1 Å². The van der Waals surface area contributed by atoms with Crippen LogP contribution in [0.15, 0.2) is 78.9 Å². The van der Waals surface area contributed by atoms with Crippen molar-refractivity contribution in [3.05, 3.63) is 95.6 Å². The van der Waals surface area contributed by atoms with E-state index in [2.05, 4.69) is 5.32 Å². The Morgan fingerprint density at radius 3 is 2.26 bits per heavy atom. The van der Waals surface area contributed by atoms with Gasteiger partial charge in [-0.15, -0.1) is 0 Å². The molecule has 3 aromatic carbocycles. The van der Waals surface area contributed by atoms with Gasteiger partial charge in [0.25, 0.3) is 5.91 Å². The summed E-state index contributed by atoms with van der Waals surface area (Å²) in [6.07, 6.45) is -3.87. The molecule has 1 aliphatic rings. The monoisotopic (exact) mass is 467 g/mol. The van der Waals surface area contributed by atoms with E-state index < -0.39 is 35.1 Å². The number of carboxylic acids is 1. The normalized spacial score (nSPS) is 20.4. The van der Waals surface area contributed by atoms with Crippen molar-refractivity contribution in [2.45, 2.75) is 37.4 Å². The number of rotatable bonds is 7. The fourth-order valence-corrected chi connectivity index (χ4v) is 4.46. The molecule has 0 radical (unpaired) electrons. The van der Waals surface area contributed by atoms with Gasteiger partial charge in [0.2, 0.25) is 0 Å². The Morgan fingerprint density at radius 1 is 1.00 bits per heavy atom. The summed E-state index contributed by atoms with van der Waals surface area (Å²) >= 11 is 0. The highest BCUT2D eigenvalue weighted by Crippen LogP contribution is 2.55. The molecule has 0 aromatic heterocycles. The van der Waals surface area contributed by atoms with E-state index in [1.54, 1.807) is 6.92 Å². The minimum absolute atomic E-state index is 0.109. The zero-order valence-electron chi connectivity index (χ0n) is 18.5. The minimum Gasteiger partial charge on any atom is -0.481 e. The Bertz CT molecular complexity index is 1190. The van der Waals surface area contributed by atoms with Gasteiger partial charge in [-0.1, -0.05) is 67.6 Å². The van der Waals surface area contributed by atoms with Crippen molar-refractivity contribution in [1.29, 1.82) is 0 Å².